The second-order valence-electron chi connectivity index (χ2n) is 5.44. The van der Waals surface area contributed by atoms with Crippen molar-refractivity contribution in [2.45, 2.75) is 38.0 Å². The molecule has 1 aliphatic carbocycles. The third-order valence-corrected chi connectivity index (χ3v) is 5.76. The smallest absolute Gasteiger partial charge is 0.0441 e. The Kier molecular flexibility index (Phi) is 6.40. The fourth-order valence-corrected chi connectivity index (χ4v) is 4.55. The summed E-state index contributed by atoms with van der Waals surface area (Å²) in [6, 6.07) is 9.44. The number of nitrogens with zero attached hydrogens (tertiary/aromatic N) is 1. The molecule has 2 atom stereocenters. The number of hydrogen-bond acceptors (Lipinski definition) is 3. The second kappa shape index (κ2) is 8.06. The van der Waals surface area contributed by atoms with E-state index in [1.165, 1.54) is 49.4 Å². The standard InChI is InChI=1S/C17H28N2S/c1-4-19(5-2)12-13-20-16-11-10-14-8-6-7-9-15(14)17(16)18-3/h6-9,16-18H,4-5,10-13H2,1-3H3. The first kappa shape index (κ1) is 15.9. The average molecular weight is 292 g/mol. The van der Waals surface area contributed by atoms with E-state index in [1.54, 1.807) is 0 Å². The van der Waals surface area contributed by atoms with Crippen LogP contribution < -0.4 is 5.32 Å². The summed E-state index contributed by atoms with van der Waals surface area (Å²) in [4.78, 5) is 2.51. The van der Waals surface area contributed by atoms with E-state index in [9.17, 15) is 0 Å². The summed E-state index contributed by atoms with van der Waals surface area (Å²) in [5.41, 5.74) is 3.05. The summed E-state index contributed by atoms with van der Waals surface area (Å²) in [7, 11) is 2.10. The highest BCUT2D eigenvalue weighted by molar-refractivity contribution is 7.99. The van der Waals surface area contributed by atoms with Gasteiger partial charge in [0.05, 0.1) is 0 Å². The molecular weight excluding hydrogens is 264 g/mol. The van der Waals surface area contributed by atoms with Crippen LogP contribution in [0, 0.1) is 0 Å². The molecule has 0 bridgehead atoms. The molecule has 0 amide bonds. The van der Waals surface area contributed by atoms with Crippen molar-refractivity contribution >= 4 is 11.8 Å². The van der Waals surface area contributed by atoms with E-state index < -0.39 is 0 Å². The van der Waals surface area contributed by atoms with Gasteiger partial charge in [-0.2, -0.15) is 11.8 Å². The van der Waals surface area contributed by atoms with Gasteiger partial charge in [0, 0.05) is 23.6 Å². The minimum Gasteiger partial charge on any atom is -0.312 e. The van der Waals surface area contributed by atoms with E-state index >= 15 is 0 Å². The van der Waals surface area contributed by atoms with Gasteiger partial charge in [-0.1, -0.05) is 38.1 Å². The van der Waals surface area contributed by atoms with Crippen LogP contribution in [-0.4, -0.2) is 42.6 Å². The van der Waals surface area contributed by atoms with Gasteiger partial charge in [-0.25, -0.2) is 0 Å². The van der Waals surface area contributed by atoms with Gasteiger partial charge in [0.1, 0.15) is 0 Å². The Hall–Kier alpha value is -0.510. The first-order valence-electron chi connectivity index (χ1n) is 7.89. The molecule has 0 saturated heterocycles. The maximum Gasteiger partial charge on any atom is 0.0441 e. The third kappa shape index (κ3) is 3.78. The summed E-state index contributed by atoms with van der Waals surface area (Å²) in [5.74, 6) is 1.24. The van der Waals surface area contributed by atoms with Crippen molar-refractivity contribution in [3.8, 4) is 0 Å². The Morgan fingerprint density at radius 3 is 2.70 bits per heavy atom. The third-order valence-electron chi connectivity index (χ3n) is 4.41. The molecule has 1 aromatic rings. The van der Waals surface area contributed by atoms with Gasteiger partial charge in [-0.05, 0) is 44.1 Å². The van der Waals surface area contributed by atoms with Crippen molar-refractivity contribution in [1.29, 1.82) is 0 Å². The van der Waals surface area contributed by atoms with Crippen LogP contribution in [0.15, 0.2) is 24.3 Å². The van der Waals surface area contributed by atoms with Gasteiger partial charge in [0.2, 0.25) is 0 Å². The Bertz CT molecular complexity index is 404. The van der Waals surface area contributed by atoms with Crippen molar-refractivity contribution in [1.82, 2.24) is 10.2 Å². The van der Waals surface area contributed by atoms with Crippen LogP contribution in [0.4, 0.5) is 0 Å². The van der Waals surface area contributed by atoms with Crippen LogP contribution >= 0.6 is 11.8 Å². The highest BCUT2D eigenvalue weighted by Gasteiger charge is 2.28. The maximum absolute atomic E-state index is 3.54. The first-order valence-corrected chi connectivity index (χ1v) is 8.94. The molecule has 2 rings (SSSR count). The number of hydrogen-bond donors (Lipinski definition) is 1. The summed E-state index contributed by atoms with van der Waals surface area (Å²) in [6.07, 6.45) is 2.53. The van der Waals surface area contributed by atoms with E-state index in [2.05, 4.69) is 67.1 Å². The number of benzene rings is 1. The minimum atomic E-state index is 0.515. The molecule has 1 aromatic carbocycles. The van der Waals surface area contributed by atoms with E-state index in [0.29, 0.717) is 11.3 Å². The van der Waals surface area contributed by atoms with Crippen molar-refractivity contribution in [2.24, 2.45) is 0 Å². The highest BCUT2D eigenvalue weighted by atomic mass is 32.2. The van der Waals surface area contributed by atoms with E-state index in [4.69, 9.17) is 0 Å². The summed E-state index contributed by atoms with van der Waals surface area (Å²) >= 11 is 2.15. The zero-order valence-corrected chi connectivity index (χ0v) is 13.9. The van der Waals surface area contributed by atoms with Gasteiger partial charge >= 0.3 is 0 Å². The predicted octanol–water partition coefficient (Wildman–Crippen LogP) is 3.34. The van der Waals surface area contributed by atoms with Crippen molar-refractivity contribution in [3.63, 3.8) is 0 Å². The molecule has 0 saturated carbocycles. The molecule has 2 unspecified atom stereocenters. The Balaban J connectivity index is 1.93. The van der Waals surface area contributed by atoms with Crippen LogP contribution in [0.25, 0.3) is 0 Å². The fourth-order valence-electron chi connectivity index (χ4n) is 3.12. The molecule has 1 aliphatic rings. The minimum absolute atomic E-state index is 0.515. The zero-order chi connectivity index (χ0) is 14.4. The molecule has 0 radical (unpaired) electrons. The van der Waals surface area contributed by atoms with Gasteiger partial charge < -0.3 is 10.2 Å². The quantitative estimate of drug-likeness (QED) is 0.830. The van der Waals surface area contributed by atoms with Crippen LogP contribution in [0.3, 0.4) is 0 Å². The van der Waals surface area contributed by atoms with Gasteiger partial charge in [-0.3, -0.25) is 0 Å². The average Bonchev–Trinajstić information content (AvgIpc) is 2.51. The van der Waals surface area contributed by atoms with Gasteiger partial charge in [0.15, 0.2) is 0 Å². The number of fused-ring (bicyclic) bond motifs is 1. The molecule has 3 heteroatoms. The topological polar surface area (TPSA) is 15.3 Å². The predicted molar refractivity (Wildman–Crippen MR) is 90.6 cm³/mol. The molecule has 2 nitrogen and oxygen atoms in total. The SMILES string of the molecule is CCN(CC)CCSC1CCc2ccccc2C1NC. The van der Waals surface area contributed by atoms with E-state index in [0.717, 1.165) is 0 Å². The maximum atomic E-state index is 3.54. The van der Waals surface area contributed by atoms with Crippen LogP contribution in [0.5, 0.6) is 0 Å². The van der Waals surface area contributed by atoms with Crippen molar-refractivity contribution in [3.05, 3.63) is 35.4 Å². The summed E-state index contributed by atoms with van der Waals surface area (Å²) in [5, 5.41) is 4.26. The van der Waals surface area contributed by atoms with Crippen molar-refractivity contribution in [2.75, 3.05) is 32.4 Å². The molecule has 0 spiro atoms. The lowest BCUT2D eigenvalue weighted by atomic mass is 9.87. The molecule has 112 valence electrons. The molecule has 1 N–H and O–H groups in total. The van der Waals surface area contributed by atoms with Gasteiger partial charge in [0.25, 0.3) is 0 Å². The molecule has 20 heavy (non-hydrogen) atoms. The first-order chi connectivity index (χ1) is 9.80. The molecule has 0 aromatic heterocycles. The lowest BCUT2D eigenvalue weighted by molar-refractivity contribution is 0.323. The lowest BCUT2D eigenvalue weighted by Crippen LogP contribution is -2.33. The molecular formula is C17H28N2S. The highest BCUT2D eigenvalue weighted by Crippen LogP contribution is 2.36. The Labute approximate surface area is 128 Å². The largest absolute Gasteiger partial charge is 0.312 e. The van der Waals surface area contributed by atoms with Crippen LogP contribution in [-0.2, 0) is 6.42 Å². The number of aryl methyl sites for hydroxylation is 1. The van der Waals surface area contributed by atoms with E-state index in [1.807, 2.05) is 0 Å². The monoisotopic (exact) mass is 292 g/mol. The normalized spacial score (nSPS) is 22.0. The number of nitrogens with one attached hydrogen (secondary N) is 1. The Morgan fingerprint density at radius 1 is 1.25 bits per heavy atom. The number of thioether (sulfide) groups is 1. The molecule has 0 fully saturated rings. The zero-order valence-electron chi connectivity index (χ0n) is 13.1. The molecule has 0 aliphatic heterocycles. The molecule has 0 heterocycles. The van der Waals surface area contributed by atoms with E-state index in [-0.39, 0.29) is 0 Å². The summed E-state index contributed by atoms with van der Waals surface area (Å²) in [6.45, 7) is 8.05. The number of rotatable bonds is 7. The fraction of sp³-hybridized carbons (Fsp3) is 0.647. The summed E-state index contributed by atoms with van der Waals surface area (Å²) < 4.78 is 0. The van der Waals surface area contributed by atoms with Crippen molar-refractivity contribution < 1.29 is 0 Å². The second-order valence-corrected chi connectivity index (χ2v) is 6.79. The van der Waals surface area contributed by atoms with Gasteiger partial charge in [-0.15, -0.1) is 0 Å². The Morgan fingerprint density at radius 2 is 2.00 bits per heavy atom. The van der Waals surface area contributed by atoms with Crippen LogP contribution in [0.2, 0.25) is 0 Å². The van der Waals surface area contributed by atoms with Crippen LogP contribution in [0.1, 0.15) is 37.4 Å². The lowest BCUT2D eigenvalue weighted by Gasteiger charge is -2.33.